The quantitative estimate of drug-likeness (QED) is 0.577. The molecule has 0 saturated carbocycles. The van der Waals surface area contributed by atoms with Crippen LogP contribution in [0.15, 0.2) is 47.5 Å². The zero-order valence-electron chi connectivity index (χ0n) is 5.31. The van der Waals surface area contributed by atoms with Crippen molar-refractivity contribution in [1.29, 1.82) is 0 Å². The largest absolute Gasteiger partial charge is 0.471 e. The van der Waals surface area contributed by atoms with E-state index in [9.17, 15) is 0 Å². The van der Waals surface area contributed by atoms with Crippen LogP contribution in [0.5, 0.6) is 0 Å². The molecule has 0 spiro atoms. The molecule has 0 aliphatic rings. The SMILES string of the molecule is Cl.c1ccnccocc1. The molecule has 1 aromatic rings. The van der Waals surface area contributed by atoms with Crippen LogP contribution in [0.3, 0.4) is 0 Å². The Morgan fingerprint density at radius 3 is 2.70 bits per heavy atom. The van der Waals surface area contributed by atoms with E-state index in [1.165, 1.54) is 6.26 Å². The van der Waals surface area contributed by atoms with Gasteiger partial charge in [0.2, 0.25) is 0 Å². The minimum absolute atomic E-state index is 0. The van der Waals surface area contributed by atoms with Crippen LogP contribution < -0.4 is 0 Å². The highest BCUT2D eigenvalue weighted by Gasteiger charge is 1.59. The van der Waals surface area contributed by atoms with Crippen molar-refractivity contribution in [3.63, 3.8) is 0 Å². The van der Waals surface area contributed by atoms with Gasteiger partial charge in [-0.3, -0.25) is 4.98 Å². The third-order valence-electron chi connectivity index (χ3n) is 0.777. The van der Waals surface area contributed by atoms with E-state index in [1.54, 1.807) is 24.7 Å². The summed E-state index contributed by atoms with van der Waals surface area (Å²) < 4.78 is 4.83. The van der Waals surface area contributed by atoms with Crippen molar-refractivity contribution in [3.05, 3.63) is 43.1 Å². The smallest absolute Gasteiger partial charge is 0.108 e. The van der Waals surface area contributed by atoms with Crippen LogP contribution >= 0.6 is 12.4 Å². The van der Waals surface area contributed by atoms with Crippen molar-refractivity contribution in [1.82, 2.24) is 4.98 Å². The first kappa shape index (κ1) is 8.98. The van der Waals surface area contributed by atoms with Gasteiger partial charge in [-0.2, -0.15) is 0 Å². The Hall–Kier alpha value is -1.02. The molecule has 2 nitrogen and oxygen atoms in total. The summed E-state index contributed by atoms with van der Waals surface area (Å²) in [6.45, 7) is 0. The average molecular weight is 158 g/mol. The monoisotopic (exact) mass is 157 g/mol. The summed E-state index contributed by atoms with van der Waals surface area (Å²) in [6.07, 6.45) is 6.37. The topological polar surface area (TPSA) is 26.0 Å². The highest BCUT2D eigenvalue weighted by molar-refractivity contribution is 5.85. The van der Waals surface area contributed by atoms with Gasteiger partial charge in [-0.1, -0.05) is 6.07 Å². The second kappa shape index (κ2) is 6.11. The van der Waals surface area contributed by atoms with Crippen LogP contribution in [-0.2, 0) is 0 Å². The van der Waals surface area contributed by atoms with Crippen LogP contribution in [0.2, 0.25) is 0 Å². The molecule has 0 unspecified atom stereocenters. The van der Waals surface area contributed by atoms with Gasteiger partial charge >= 0.3 is 0 Å². The van der Waals surface area contributed by atoms with E-state index < -0.39 is 0 Å². The van der Waals surface area contributed by atoms with E-state index in [4.69, 9.17) is 4.42 Å². The van der Waals surface area contributed by atoms with E-state index in [2.05, 4.69) is 4.98 Å². The molecule has 54 valence electrons. The summed E-state index contributed by atoms with van der Waals surface area (Å²) in [5.41, 5.74) is 0. The molecular formula is C7H8ClNO. The standard InChI is InChI=1S/C7H7NO.ClH/c1-2-4-8-5-7-9-6-3-1;/h1-7H;1H. The minimum Gasteiger partial charge on any atom is -0.471 e. The number of hydrogen-bond donors (Lipinski definition) is 0. The summed E-state index contributed by atoms with van der Waals surface area (Å²) in [5.74, 6) is 0. The lowest BCUT2D eigenvalue weighted by molar-refractivity contribution is 0.552. The van der Waals surface area contributed by atoms with Crippen LogP contribution in [0.4, 0.5) is 0 Å². The van der Waals surface area contributed by atoms with E-state index >= 15 is 0 Å². The maximum absolute atomic E-state index is 4.83. The molecule has 0 aliphatic carbocycles. The normalized spacial score (nSPS) is 7.20. The molecule has 0 atom stereocenters. The number of hydrogen-bond acceptors (Lipinski definition) is 2. The lowest BCUT2D eigenvalue weighted by atomic mass is 10.6. The third-order valence-corrected chi connectivity index (χ3v) is 0.777. The predicted molar refractivity (Wildman–Crippen MR) is 41.4 cm³/mol. The fourth-order valence-electron chi connectivity index (χ4n) is 0.420. The number of nitrogens with zero attached hydrogens (tertiary/aromatic N) is 1. The summed E-state index contributed by atoms with van der Waals surface area (Å²) in [6, 6.07) is 5.47. The van der Waals surface area contributed by atoms with Gasteiger partial charge < -0.3 is 4.42 Å². The van der Waals surface area contributed by atoms with Crippen molar-refractivity contribution in [2.45, 2.75) is 0 Å². The fraction of sp³-hybridized carbons (Fsp3) is 0. The van der Waals surface area contributed by atoms with Crippen LogP contribution in [-0.4, -0.2) is 4.98 Å². The maximum Gasteiger partial charge on any atom is 0.108 e. The minimum atomic E-state index is 0. The molecular weight excluding hydrogens is 150 g/mol. The molecule has 0 fully saturated rings. The zero-order valence-corrected chi connectivity index (χ0v) is 6.12. The molecule has 3 heteroatoms. The number of rotatable bonds is 0. The van der Waals surface area contributed by atoms with Gasteiger partial charge in [-0.05, 0) is 12.1 Å². The molecule has 10 heavy (non-hydrogen) atoms. The molecule has 0 radical (unpaired) electrons. The van der Waals surface area contributed by atoms with Crippen LogP contribution in [0.25, 0.3) is 0 Å². The fourth-order valence-corrected chi connectivity index (χ4v) is 0.420. The van der Waals surface area contributed by atoms with Gasteiger partial charge in [0.1, 0.15) is 6.26 Å². The van der Waals surface area contributed by atoms with Crippen molar-refractivity contribution >= 4 is 12.4 Å². The van der Waals surface area contributed by atoms with Gasteiger partial charge in [0, 0.05) is 6.20 Å². The van der Waals surface area contributed by atoms with Gasteiger partial charge in [0.05, 0.1) is 12.5 Å². The Balaban J connectivity index is 0.000000810. The molecule has 0 aliphatic heterocycles. The summed E-state index contributed by atoms with van der Waals surface area (Å²) in [4.78, 5) is 3.83. The lowest BCUT2D eigenvalue weighted by Crippen LogP contribution is -1.52. The Bertz CT molecular complexity index is 135. The molecule has 1 heterocycles. The first-order valence-corrected chi connectivity index (χ1v) is 2.65. The van der Waals surface area contributed by atoms with Gasteiger partial charge in [0.25, 0.3) is 0 Å². The second-order valence-corrected chi connectivity index (χ2v) is 1.43. The summed E-state index contributed by atoms with van der Waals surface area (Å²) in [7, 11) is 0. The Labute approximate surface area is 65.6 Å². The first-order chi connectivity index (χ1) is 4.50. The summed E-state index contributed by atoms with van der Waals surface area (Å²) >= 11 is 0. The molecule has 0 saturated heterocycles. The second-order valence-electron chi connectivity index (χ2n) is 1.43. The van der Waals surface area contributed by atoms with E-state index in [1.807, 2.05) is 12.1 Å². The Kier molecular flexibility index (Phi) is 5.48. The first-order valence-electron chi connectivity index (χ1n) is 2.65. The van der Waals surface area contributed by atoms with Crippen molar-refractivity contribution in [2.24, 2.45) is 0 Å². The molecule has 0 amide bonds. The van der Waals surface area contributed by atoms with Gasteiger partial charge in [-0.25, -0.2) is 0 Å². The Morgan fingerprint density at radius 2 is 1.80 bits per heavy atom. The van der Waals surface area contributed by atoms with Crippen molar-refractivity contribution in [2.75, 3.05) is 0 Å². The van der Waals surface area contributed by atoms with Gasteiger partial charge in [0.15, 0.2) is 0 Å². The molecule has 1 aromatic heterocycles. The highest BCUT2D eigenvalue weighted by Crippen LogP contribution is 1.76. The molecule has 0 bridgehead atoms. The molecule has 0 aromatic carbocycles. The Morgan fingerprint density at radius 1 is 0.900 bits per heavy atom. The van der Waals surface area contributed by atoms with Crippen LogP contribution in [0, 0.1) is 0 Å². The maximum atomic E-state index is 4.83. The summed E-state index contributed by atoms with van der Waals surface area (Å²) in [5, 5.41) is 0. The number of aromatic nitrogens is 1. The molecule has 1 rings (SSSR count). The van der Waals surface area contributed by atoms with Gasteiger partial charge in [-0.15, -0.1) is 12.4 Å². The van der Waals surface area contributed by atoms with Crippen molar-refractivity contribution in [3.8, 4) is 0 Å². The molecule has 0 N–H and O–H groups in total. The average Bonchev–Trinajstić information content (AvgIpc) is 2.00. The third kappa shape index (κ3) is 3.92. The lowest BCUT2D eigenvalue weighted by Gasteiger charge is -1.64. The zero-order chi connectivity index (χ0) is 6.36. The predicted octanol–water partition coefficient (Wildman–Crippen LogP) is 2.22. The van der Waals surface area contributed by atoms with Crippen molar-refractivity contribution < 1.29 is 4.42 Å². The highest BCUT2D eigenvalue weighted by atomic mass is 35.5. The number of halogens is 1. The van der Waals surface area contributed by atoms with E-state index in [-0.39, 0.29) is 12.4 Å². The van der Waals surface area contributed by atoms with Crippen LogP contribution in [0.1, 0.15) is 0 Å². The van der Waals surface area contributed by atoms with E-state index in [0.29, 0.717) is 0 Å². The van der Waals surface area contributed by atoms with E-state index in [0.717, 1.165) is 0 Å².